The number of hydrogen-bond acceptors (Lipinski definition) is 4. The molecule has 8 heteroatoms. The summed E-state index contributed by atoms with van der Waals surface area (Å²) < 4.78 is 32.6. The van der Waals surface area contributed by atoms with Crippen molar-refractivity contribution >= 4 is 12.0 Å². The maximum absolute atomic E-state index is 14.0. The zero-order valence-electron chi connectivity index (χ0n) is 15.1. The fourth-order valence-corrected chi connectivity index (χ4v) is 2.71. The number of carbonyl (C=O) groups excluding carboxylic acids is 2. The molecule has 144 valence electrons. The van der Waals surface area contributed by atoms with Crippen LogP contribution in [0.3, 0.4) is 0 Å². The van der Waals surface area contributed by atoms with Crippen molar-refractivity contribution in [2.75, 3.05) is 13.1 Å². The van der Waals surface area contributed by atoms with Gasteiger partial charge in [0.05, 0.1) is 6.54 Å². The van der Waals surface area contributed by atoms with Gasteiger partial charge < -0.3 is 20.1 Å². The number of nitrogens with one attached hydrogen (secondary N) is 1. The summed E-state index contributed by atoms with van der Waals surface area (Å²) in [5, 5.41) is 11.8. The molecule has 26 heavy (non-hydrogen) atoms. The third-order valence-electron chi connectivity index (χ3n) is 3.89. The summed E-state index contributed by atoms with van der Waals surface area (Å²) in [6.07, 6.45) is -1.83. The molecule has 1 aromatic carbocycles. The lowest BCUT2D eigenvalue weighted by atomic mass is 10.0. The summed E-state index contributed by atoms with van der Waals surface area (Å²) in [7, 11) is 0. The Morgan fingerprint density at radius 2 is 2.12 bits per heavy atom. The minimum absolute atomic E-state index is 0.0522. The van der Waals surface area contributed by atoms with Crippen LogP contribution in [0.25, 0.3) is 0 Å². The Morgan fingerprint density at radius 3 is 2.65 bits per heavy atom. The second-order valence-corrected chi connectivity index (χ2v) is 7.35. The molecular weight excluding hydrogens is 346 g/mol. The number of phenolic OH excluding ortho intramolecular Hbond substituents is 1. The van der Waals surface area contributed by atoms with Crippen molar-refractivity contribution in [3.63, 3.8) is 0 Å². The Labute approximate surface area is 151 Å². The maximum atomic E-state index is 14.0. The fourth-order valence-electron chi connectivity index (χ4n) is 2.71. The number of nitrogens with zero attached hydrogens (tertiary/aromatic N) is 1. The van der Waals surface area contributed by atoms with Gasteiger partial charge in [-0.05, 0) is 38.8 Å². The van der Waals surface area contributed by atoms with Crippen molar-refractivity contribution in [3.8, 4) is 5.75 Å². The number of halogens is 2. The SMILES string of the molecule is CC(C)(C)OC(=O)N[C@@H](Cc1ccc(O)cc1F)C(=O)N1CC[C@H](F)C1. The molecule has 1 heterocycles. The van der Waals surface area contributed by atoms with E-state index in [1.165, 1.54) is 17.0 Å². The summed E-state index contributed by atoms with van der Waals surface area (Å²) in [5.41, 5.74) is -0.618. The summed E-state index contributed by atoms with van der Waals surface area (Å²) >= 11 is 0. The zero-order chi connectivity index (χ0) is 19.5. The molecule has 0 aromatic heterocycles. The molecule has 2 rings (SSSR count). The summed E-state index contributed by atoms with van der Waals surface area (Å²) in [5.74, 6) is -1.43. The maximum Gasteiger partial charge on any atom is 0.408 e. The third-order valence-corrected chi connectivity index (χ3v) is 3.89. The molecule has 0 bridgehead atoms. The molecule has 1 aliphatic heterocycles. The average Bonchev–Trinajstić information content (AvgIpc) is 2.93. The number of rotatable bonds is 4. The highest BCUT2D eigenvalue weighted by atomic mass is 19.1. The van der Waals surface area contributed by atoms with Gasteiger partial charge in [-0.25, -0.2) is 13.6 Å². The lowest BCUT2D eigenvalue weighted by Gasteiger charge is -2.26. The summed E-state index contributed by atoms with van der Waals surface area (Å²) in [6.45, 7) is 5.22. The van der Waals surface area contributed by atoms with E-state index < -0.39 is 35.6 Å². The number of alkyl halides is 1. The molecule has 1 aromatic rings. The van der Waals surface area contributed by atoms with Gasteiger partial charge in [-0.3, -0.25) is 4.79 Å². The Hall–Kier alpha value is -2.38. The molecule has 1 aliphatic rings. The van der Waals surface area contributed by atoms with E-state index in [2.05, 4.69) is 5.32 Å². The number of likely N-dealkylation sites (tertiary alicyclic amines) is 1. The van der Waals surface area contributed by atoms with Gasteiger partial charge in [0.1, 0.15) is 29.4 Å². The molecule has 0 unspecified atom stereocenters. The quantitative estimate of drug-likeness (QED) is 0.854. The minimum atomic E-state index is -1.11. The molecule has 2 atom stereocenters. The van der Waals surface area contributed by atoms with E-state index >= 15 is 0 Å². The van der Waals surface area contributed by atoms with Crippen molar-refractivity contribution in [3.05, 3.63) is 29.6 Å². The van der Waals surface area contributed by atoms with E-state index in [4.69, 9.17) is 4.74 Å². The highest BCUT2D eigenvalue weighted by molar-refractivity contribution is 5.86. The van der Waals surface area contributed by atoms with Crippen LogP contribution in [0.2, 0.25) is 0 Å². The zero-order valence-corrected chi connectivity index (χ0v) is 15.1. The van der Waals surface area contributed by atoms with Crippen LogP contribution in [0, 0.1) is 5.82 Å². The monoisotopic (exact) mass is 370 g/mol. The standard InChI is InChI=1S/C18H24F2N2O4/c1-18(2,3)26-17(25)21-15(16(24)22-7-6-12(19)10-22)8-11-4-5-13(23)9-14(11)20/h4-5,9,12,15,23H,6-8,10H2,1-3H3,(H,21,25)/t12-,15-/m0/s1. The van der Waals surface area contributed by atoms with E-state index in [1.807, 2.05) is 0 Å². The molecule has 0 radical (unpaired) electrons. The average molecular weight is 370 g/mol. The molecule has 2 amide bonds. The number of hydrogen-bond donors (Lipinski definition) is 2. The molecule has 2 N–H and O–H groups in total. The number of aromatic hydroxyl groups is 1. The number of benzene rings is 1. The molecule has 1 fully saturated rings. The van der Waals surface area contributed by atoms with Crippen LogP contribution in [0.1, 0.15) is 32.8 Å². The number of phenols is 1. The highest BCUT2D eigenvalue weighted by Crippen LogP contribution is 2.19. The Kier molecular flexibility index (Phi) is 6.05. The first kappa shape index (κ1) is 19.9. The fraction of sp³-hybridized carbons (Fsp3) is 0.556. The van der Waals surface area contributed by atoms with E-state index in [0.29, 0.717) is 0 Å². The summed E-state index contributed by atoms with van der Waals surface area (Å²) in [6, 6.07) is 2.46. The topological polar surface area (TPSA) is 78.9 Å². The lowest BCUT2D eigenvalue weighted by molar-refractivity contribution is -0.132. The lowest BCUT2D eigenvalue weighted by Crippen LogP contribution is -2.50. The first-order valence-electron chi connectivity index (χ1n) is 8.45. The normalized spacial score (nSPS) is 18.5. The predicted molar refractivity (Wildman–Crippen MR) is 91.0 cm³/mol. The minimum Gasteiger partial charge on any atom is -0.508 e. The Bertz CT molecular complexity index is 676. The van der Waals surface area contributed by atoms with Crippen molar-refractivity contribution in [2.24, 2.45) is 0 Å². The van der Waals surface area contributed by atoms with Gasteiger partial charge in [0, 0.05) is 19.0 Å². The Balaban J connectivity index is 2.17. The Morgan fingerprint density at radius 1 is 1.42 bits per heavy atom. The van der Waals surface area contributed by atoms with E-state index in [1.54, 1.807) is 20.8 Å². The van der Waals surface area contributed by atoms with Crippen LogP contribution in [0.5, 0.6) is 5.75 Å². The first-order chi connectivity index (χ1) is 12.0. The summed E-state index contributed by atoms with van der Waals surface area (Å²) in [4.78, 5) is 26.1. The first-order valence-corrected chi connectivity index (χ1v) is 8.45. The molecule has 1 saturated heterocycles. The van der Waals surface area contributed by atoms with E-state index in [9.17, 15) is 23.5 Å². The third kappa shape index (κ3) is 5.57. The molecule has 0 saturated carbocycles. The van der Waals surface area contributed by atoms with Crippen LogP contribution in [0.15, 0.2) is 18.2 Å². The van der Waals surface area contributed by atoms with Crippen molar-refractivity contribution in [1.82, 2.24) is 10.2 Å². The van der Waals surface area contributed by atoms with Crippen LogP contribution < -0.4 is 5.32 Å². The van der Waals surface area contributed by atoms with Crippen molar-refractivity contribution in [2.45, 2.75) is 51.4 Å². The van der Waals surface area contributed by atoms with Gasteiger partial charge in [0.25, 0.3) is 0 Å². The number of carbonyl (C=O) groups is 2. The number of amides is 2. The van der Waals surface area contributed by atoms with Gasteiger partial charge >= 0.3 is 6.09 Å². The van der Waals surface area contributed by atoms with Crippen LogP contribution >= 0.6 is 0 Å². The molecular formula is C18H24F2N2O4. The van der Waals surface area contributed by atoms with E-state index in [0.717, 1.165) is 6.07 Å². The van der Waals surface area contributed by atoms with Crippen LogP contribution in [0.4, 0.5) is 13.6 Å². The largest absolute Gasteiger partial charge is 0.508 e. The van der Waals surface area contributed by atoms with Crippen LogP contribution in [-0.4, -0.2) is 52.9 Å². The number of ether oxygens (including phenoxy) is 1. The van der Waals surface area contributed by atoms with Crippen LogP contribution in [-0.2, 0) is 16.0 Å². The van der Waals surface area contributed by atoms with Crippen molar-refractivity contribution in [1.29, 1.82) is 0 Å². The second kappa shape index (κ2) is 7.88. The molecule has 0 spiro atoms. The van der Waals surface area contributed by atoms with Gasteiger partial charge in [-0.1, -0.05) is 6.07 Å². The van der Waals surface area contributed by atoms with E-state index in [-0.39, 0.29) is 37.2 Å². The van der Waals surface area contributed by atoms with Crippen molar-refractivity contribution < 1.29 is 28.2 Å². The molecule has 6 nitrogen and oxygen atoms in total. The smallest absolute Gasteiger partial charge is 0.408 e. The molecule has 0 aliphatic carbocycles. The van der Waals surface area contributed by atoms with Gasteiger partial charge in [-0.2, -0.15) is 0 Å². The number of alkyl carbamates (subject to hydrolysis) is 1. The van der Waals surface area contributed by atoms with Gasteiger partial charge in [-0.15, -0.1) is 0 Å². The highest BCUT2D eigenvalue weighted by Gasteiger charge is 2.33. The second-order valence-electron chi connectivity index (χ2n) is 7.35. The predicted octanol–water partition coefficient (Wildman–Crippen LogP) is 2.54. The van der Waals surface area contributed by atoms with Gasteiger partial charge in [0.15, 0.2) is 0 Å². The van der Waals surface area contributed by atoms with Gasteiger partial charge in [0.2, 0.25) is 5.91 Å².